The molecule has 2 bridgehead atoms. The molecular formula is C33H44N2O. The molecule has 2 saturated carbocycles. The Morgan fingerprint density at radius 3 is 2.67 bits per heavy atom. The average Bonchev–Trinajstić information content (AvgIpc) is 3.36. The van der Waals surface area contributed by atoms with E-state index in [9.17, 15) is 0 Å². The topological polar surface area (TPSA) is 24.8 Å². The Morgan fingerprint density at radius 2 is 1.94 bits per heavy atom. The molecule has 3 aliphatic carbocycles. The van der Waals surface area contributed by atoms with Crippen LogP contribution in [-0.4, -0.2) is 49.5 Å². The molecule has 0 radical (unpaired) electrons. The van der Waals surface area contributed by atoms with Crippen LogP contribution in [0.3, 0.4) is 0 Å². The summed E-state index contributed by atoms with van der Waals surface area (Å²) >= 11 is 0. The Balaban J connectivity index is 1.51. The van der Waals surface area contributed by atoms with Crippen molar-refractivity contribution < 1.29 is 4.74 Å². The zero-order valence-corrected chi connectivity index (χ0v) is 22.9. The van der Waals surface area contributed by atoms with E-state index >= 15 is 0 Å². The smallest absolute Gasteiger partial charge is 0.0974 e. The lowest BCUT2D eigenvalue weighted by Crippen LogP contribution is -2.55. The summed E-state index contributed by atoms with van der Waals surface area (Å²) in [7, 11) is 6.26. The molecular weight excluding hydrogens is 440 g/mol. The first-order chi connectivity index (χ1) is 17.2. The van der Waals surface area contributed by atoms with Crippen LogP contribution in [0.4, 0.5) is 0 Å². The van der Waals surface area contributed by atoms with Gasteiger partial charge in [0.05, 0.1) is 11.2 Å². The summed E-state index contributed by atoms with van der Waals surface area (Å²) in [6.45, 7) is 14.8. The standard InChI is InChI=1S/C33H44N2O/c1-8-23(2)9-10-25(19-24(3)22-34-5)29-13-14-30-31(29,4)16-15-27-20-26-11-12-28(35(6)7)21-32(26)17-18-33(27,30)36-32/h8-10,15,19-20,22,28-30H,1-3,11-14,16-18,21H2,4-7H3/b10-9-,25-19+,34-22?/t28-,29+,30+,31+,32+,33+/m0/s1. The van der Waals surface area contributed by atoms with Gasteiger partial charge in [0.2, 0.25) is 0 Å². The van der Waals surface area contributed by atoms with Crippen LogP contribution in [0.5, 0.6) is 0 Å². The third-order valence-corrected chi connectivity index (χ3v) is 10.2. The van der Waals surface area contributed by atoms with E-state index in [1.54, 1.807) is 12.6 Å². The average molecular weight is 485 g/mol. The molecule has 2 spiro atoms. The van der Waals surface area contributed by atoms with Gasteiger partial charge in [-0.05, 0) is 111 Å². The van der Waals surface area contributed by atoms with Crippen LogP contribution in [0.25, 0.3) is 0 Å². The monoisotopic (exact) mass is 484 g/mol. The second-order valence-corrected chi connectivity index (χ2v) is 12.3. The van der Waals surface area contributed by atoms with Crippen molar-refractivity contribution >= 4 is 6.21 Å². The molecule has 6 atom stereocenters. The first-order valence-electron chi connectivity index (χ1n) is 13.8. The maximum atomic E-state index is 7.44. The number of aliphatic imine (C=N–C) groups is 1. The van der Waals surface area contributed by atoms with Gasteiger partial charge in [0.25, 0.3) is 0 Å². The minimum Gasteiger partial charge on any atom is -0.359 e. The highest BCUT2D eigenvalue weighted by atomic mass is 16.5. The van der Waals surface area contributed by atoms with Crippen molar-refractivity contribution in [3.63, 3.8) is 0 Å². The van der Waals surface area contributed by atoms with Crippen LogP contribution in [0.2, 0.25) is 0 Å². The Bertz CT molecular complexity index is 1120. The van der Waals surface area contributed by atoms with Crippen molar-refractivity contribution in [1.82, 2.24) is 4.90 Å². The van der Waals surface area contributed by atoms with Crippen LogP contribution in [-0.2, 0) is 4.74 Å². The van der Waals surface area contributed by atoms with Gasteiger partial charge in [-0.25, -0.2) is 0 Å². The van der Waals surface area contributed by atoms with Gasteiger partial charge in [-0.15, -0.1) is 0 Å². The Labute approximate surface area is 218 Å². The van der Waals surface area contributed by atoms with E-state index in [1.807, 2.05) is 12.3 Å². The fourth-order valence-electron chi connectivity index (χ4n) is 8.32. The molecule has 3 heteroatoms. The largest absolute Gasteiger partial charge is 0.359 e. The molecule has 0 amide bonds. The first kappa shape index (κ1) is 25.4. The highest BCUT2D eigenvalue weighted by molar-refractivity contribution is 5.81. The summed E-state index contributed by atoms with van der Waals surface area (Å²) in [4.78, 5) is 6.61. The Hall–Kier alpha value is -2.23. The molecule has 1 saturated heterocycles. The highest BCUT2D eigenvalue weighted by Gasteiger charge is 2.66. The fourth-order valence-corrected chi connectivity index (χ4v) is 8.32. The molecule has 2 aliphatic heterocycles. The normalized spacial score (nSPS) is 39.6. The number of rotatable bonds is 7. The van der Waals surface area contributed by atoms with Gasteiger partial charge in [0, 0.05) is 19.3 Å². The molecule has 0 aromatic heterocycles. The second-order valence-electron chi connectivity index (χ2n) is 12.3. The van der Waals surface area contributed by atoms with Crippen molar-refractivity contribution in [2.24, 2.45) is 22.2 Å². The quantitative estimate of drug-likeness (QED) is 0.283. The third-order valence-electron chi connectivity index (χ3n) is 10.2. The van der Waals surface area contributed by atoms with Gasteiger partial charge in [0.1, 0.15) is 0 Å². The second kappa shape index (κ2) is 9.26. The van der Waals surface area contributed by atoms with E-state index in [0.29, 0.717) is 17.9 Å². The maximum Gasteiger partial charge on any atom is 0.0974 e. The van der Waals surface area contributed by atoms with Gasteiger partial charge in [-0.1, -0.05) is 63.1 Å². The molecule has 0 aromatic carbocycles. The number of hydrogen-bond donors (Lipinski definition) is 0. The third kappa shape index (κ3) is 3.90. The summed E-state index contributed by atoms with van der Waals surface area (Å²) < 4.78 is 7.44. The molecule has 2 heterocycles. The fraction of sp³-hybridized carbons (Fsp3) is 0.545. The molecule has 0 unspecified atom stereocenters. The van der Waals surface area contributed by atoms with Crippen molar-refractivity contribution in [3.05, 3.63) is 84.1 Å². The zero-order chi connectivity index (χ0) is 25.7. The molecule has 5 aliphatic rings. The minimum absolute atomic E-state index is 0.0486. The number of nitrogens with zero attached hydrogens (tertiary/aromatic N) is 2. The lowest BCUT2D eigenvalue weighted by molar-refractivity contribution is -0.140. The molecule has 36 heavy (non-hydrogen) atoms. The lowest BCUT2D eigenvalue weighted by Gasteiger charge is -2.55. The summed E-state index contributed by atoms with van der Waals surface area (Å²) in [6.07, 6.45) is 24.7. The van der Waals surface area contributed by atoms with Gasteiger partial charge >= 0.3 is 0 Å². The SMILES string of the molecule is C=CC(=C)/C=C\C(=C/C(=C)C=NC)[C@H]1CC[C@@H]2[C@]1(C)CC=C1C=C3CC[C@H](N(C)C)C[C@]34CC[C@@]12O4. The van der Waals surface area contributed by atoms with Crippen LogP contribution < -0.4 is 0 Å². The minimum atomic E-state index is -0.124. The van der Waals surface area contributed by atoms with E-state index in [0.717, 1.165) is 30.4 Å². The van der Waals surface area contributed by atoms with E-state index in [4.69, 9.17) is 4.74 Å². The number of hydrogen-bond acceptors (Lipinski definition) is 3. The molecule has 3 nitrogen and oxygen atoms in total. The van der Waals surface area contributed by atoms with Crippen LogP contribution in [0.15, 0.2) is 89.1 Å². The molecule has 0 N–H and O–H groups in total. The van der Waals surface area contributed by atoms with Gasteiger partial charge in [-0.3, -0.25) is 4.99 Å². The molecule has 192 valence electrons. The van der Waals surface area contributed by atoms with Crippen molar-refractivity contribution in [1.29, 1.82) is 0 Å². The van der Waals surface area contributed by atoms with Crippen LogP contribution >= 0.6 is 0 Å². The Kier molecular flexibility index (Phi) is 6.54. The Morgan fingerprint density at radius 1 is 1.14 bits per heavy atom. The van der Waals surface area contributed by atoms with E-state index in [-0.39, 0.29) is 16.6 Å². The lowest BCUT2D eigenvalue weighted by atomic mass is 9.57. The first-order valence-corrected chi connectivity index (χ1v) is 13.8. The summed E-state index contributed by atoms with van der Waals surface area (Å²) in [6, 6.07) is 0.609. The number of fused-ring (bicyclic) bond motifs is 1. The van der Waals surface area contributed by atoms with Crippen molar-refractivity contribution in [2.75, 3.05) is 21.1 Å². The van der Waals surface area contributed by atoms with Gasteiger partial charge in [-0.2, -0.15) is 0 Å². The summed E-state index contributed by atoms with van der Waals surface area (Å²) in [5, 5.41) is 0. The highest BCUT2D eigenvalue weighted by Crippen LogP contribution is 2.68. The maximum absolute atomic E-state index is 7.44. The molecule has 3 fully saturated rings. The van der Waals surface area contributed by atoms with Crippen molar-refractivity contribution in [2.45, 2.75) is 75.5 Å². The number of ether oxygens (including phenoxy) is 1. The van der Waals surface area contributed by atoms with Crippen LogP contribution in [0, 0.1) is 17.3 Å². The number of allylic oxidation sites excluding steroid dienone is 8. The summed E-state index contributed by atoms with van der Waals surface area (Å²) in [5.74, 6) is 0.969. The van der Waals surface area contributed by atoms with Gasteiger partial charge in [0.15, 0.2) is 0 Å². The van der Waals surface area contributed by atoms with E-state index < -0.39 is 0 Å². The molecule has 5 rings (SSSR count). The predicted octanol–water partition coefficient (Wildman–Crippen LogP) is 7.17. The van der Waals surface area contributed by atoms with Crippen molar-refractivity contribution in [3.8, 4) is 0 Å². The van der Waals surface area contributed by atoms with Crippen LogP contribution in [0.1, 0.15) is 58.3 Å². The molecule has 0 aromatic rings. The predicted molar refractivity (Wildman–Crippen MR) is 152 cm³/mol. The zero-order valence-electron chi connectivity index (χ0n) is 22.9. The van der Waals surface area contributed by atoms with E-state index in [2.05, 4.69) is 81.0 Å². The van der Waals surface area contributed by atoms with Gasteiger partial charge < -0.3 is 9.64 Å². The summed E-state index contributed by atoms with van der Waals surface area (Å²) in [5.41, 5.74) is 6.22. The van der Waals surface area contributed by atoms with E-state index in [1.165, 1.54) is 43.3 Å².